The number of carbonyl (C=O) groups is 1. The van der Waals surface area contributed by atoms with Crippen molar-refractivity contribution in [2.45, 2.75) is 38.6 Å². The fraction of sp³-hybridized carbons (Fsp3) is 0.471. The maximum atomic E-state index is 11.2. The number of amides is 1. The van der Waals surface area contributed by atoms with Crippen molar-refractivity contribution < 1.29 is 9.32 Å². The van der Waals surface area contributed by atoms with Gasteiger partial charge in [-0.2, -0.15) is 4.98 Å². The van der Waals surface area contributed by atoms with Gasteiger partial charge in [-0.25, -0.2) is 0 Å². The minimum absolute atomic E-state index is 0.0990. The Balaban J connectivity index is 1.59. The van der Waals surface area contributed by atoms with Crippen molar-refractivity contribution in [2.24, 2.45) is 5.41 Å². The molecule has 1 amide bonds. The van der Waals surface area contributed by atoms with Gasteiger partial charge in [0.1, 0.15) is 0 Å². The van der Waals surface area contributed by atoms with Crippen LogP contribution < -0.4 is 10.6 Å². The number of anilines is 1. The highest BCUT2D eigenvalue weighted by Crippen LogP contribution is 2.55. The topological polar surface area (TPSA) is 80.0 Å². The van der Waals surface area contributed by atoms with E-state index in [0.29, 0.717) is 17.1 Å². The summed E-state index contributed by atoms with van der Waals surface area (Å²) in [5, 5.41) is 10.4. The molecule has 1 aromatic carbocycles. The van der Waals surface area contributed by atoms with Crippen LogP contribution in [0.25, 0.3) is 11.4 Å². The number of nitrogens with zero attached hydrogens (tertiary/aromatic N) is 2. The summed E-state index contributed by atoms with van der Waals surface area (Å²) in [5.74, 6) is 1.15. The number of carbonyl (C=O) groups excluding carboxylic acids is 1. The van der Waals surface area contributed by atoms with Gasteiger partial charge < -0.3 is 15.2 Å². The molecule has 2 aliphatic rings. The van der Waals surface area contributed by atoms with Crippen molar-refractivity contribution in [3.8, 4) is 11.4 Å². The summed E-state index contributed by atoms with van der Waals surface area (Å²) in [7, 11) is 0. The third-order valence-corrected chi connectivity index (χ3v) is 5.06. The van der Waals surface area contributed by atoms with Gasteiger partial charge in [0, 0.05) is 18.2 Å². The van der Waals surface area contributed by atoms with E-state index in [1.807, 2.05) is 24.3 Å². The van der Waals surface area contributed by atoms with Crippen LogP contribution in [0.2, 0.25) is 0 Å². The van der Waals surface area contributed by atoms with E-state index in [1.54, 1.807) is 0 Å². The van der Waals surface area contributed by atoms with Crippen molar-refractivity contribution in [2.75, 3.05) is 11.9 Å². The zero-order valence-corrected chi connectivity index (χ0v) is 13.1. The van der Waals surface area contributed by atoms with E-state index in [9.17, 15) is 4.79 Å². The highest BCUT2D eigenvalue weighted by molar-refractivity contribution is 5.89. The van der Waals surface area contributed by atoms with Crippen molar-refractivity contribution >= 4 is 11.6 Å². The van der Waals surface area contributed by atoms with Gasteiger partial charge in [-0.1, -0.05) is 23.7 Å². The van der Waals surface area contributed by atoms with Crippen molar-refractivity contribution in [1.82, 2.24) is 15.5 Å². The van der Waals surface area contributed by atoms with Crippen molar-refractivity contribution in [1.29, 1.82) is 0 Å². The Morgan fingerprint density at radius 3 is 3.00 bits per heavy atom. The normalized spacial score (nSPS) is 22.0. The van der Waals surface area contributed by atoms with E-state index >= 15 is 0 Å². The van der Waals surface area contributed by atoms with Gasteiger partial charge in [-0.05, 0) is 43.4 Å². The minimum atomic E-state index is -0.0990. The molecule has 0 radical (unpaired) electrons. The Morgan fingerprint density at radius 2 is 2.26 bits per heavy atom. The van der Waals surface area contributed by atoms with Crippen LogP contribution in [0.15, 0.2) is 28.8 Å². The molecule has 1 aliphatic carbocycles. The second kappa shape index (κ2) is 5.45. The van der Waals surface area contributed by atoms with Gasteiger partial charge in [0.15, 0.2) is 0 Å². The largest absolute Gasteiger partial charge is 0.337 e. The third kappa shape index (κ3) is 2.53. The molecule has 1 unspecified atom stereocenters. The summed E-state index contributed by atoms with van der Waals surface area (Å²) < 4.78 is 5.54. The minimum Gasteiger partial charge on any atom is -0.337 e. The van der Waals surface area contributed by atoms with E-state index in [0.717, 1.165) is 17.8 Å². The molecule has 4 rings (SSSR count). The van der Waals surface area contributed by atoms with Gasteiger partial charge in [-0.3, -0.25) is 4.79 Å². The highest BCUT2D eigenvalue weighted by atomic mass is 16.5. The summed E-state index contributed by atoms with van der Waals surface area (Å²) in [6, 6.07) is 7.67. The monoisotopic (exact) mass is 312 g/mol. The second-order valence-electron chi connectivity index (χ2n) is 6.57. The lowest BCUT2D eigenvalue weighted by atomic mass is 9.64. The van der Waals surface area contributed by atoms with Crippen LogP contribution in [-0.2, 0) is 4.79 Å². The fourth-order valence-corrected chi connectivity index (χ4v) is 3.75. The molecular weight excluding hydrogens is 292 g/mol. The Kier molecular flexibility index (Phi) is 3.41. The van der Waals surface area contributed by atoms with Crippen LogP contribution in [0.1, 0.15) is 44.5 Å². The lowest BCUT2D eigenvalue weighted by Crippen LogP contribution is -2.35. The van der Waals surface area contributed by atoms with E-state index in [2.05, 4.69) is 20.8 Å². The molecule has 0 bridgehead atoms. The molecule has 1 saturated carbocycles. The smallest absolute Gasteiger partial charge is 0.244 e. The van der Waals surface area contributed by atoms with Crippen molar-refractivity contribution in [3.05, 3.63) is 30.2 Å². The zero-order valence-electron chi connectivity index (χ0n) is 13.1. The first-order valence-electron chi connectivity index (χ1n) is 8.11. The number of hydrogen-bond acceptors (Lipinski definition) is 5. The molecule has 1 saturated heterocycles. The molecule has 6 heteroatoms. The maximum Gasteiger partial charge on any atom is 0.244 e. The Morgan fingerprint density at radius 1 is 1.39 bits per heavy atom. The number of rotatable bonds is 3. The Labute approximate surface area is 134 Å². The average molecular weight is 312 g/mol. The number of benzene rings is 1. The maximum absolute atomic E-state index is 11.2. The molecule has 1 aromatic heterocycles. The molecule has 1 atom stereocenters. The molecule has 2 fully saturated rings. The molecule has 1 aliphatic heterocycles. The molecule has 2 heterocycles. The molecule has 1 spiro atoms. The van der Waals surface area contributed by atoms with Gasteiger partial charge in [0.25, 0.3) is 0 Å². The summed E-state index contributed by atoms with van der Waals surface area (Å²) >= 11 is 0. The molecule has 120 valence electrons. The van der Waals surface area contributed by atoms with Crippen LogP contribution in [-0.4, -0.2) is 22.6 Å². The predicted molar refractivity (Wildman–Crippen MR) is 85.7 cm³/mol. The van der Waals surface area contributed by atoms with Crippen LogP contribution in [0, 0.1) is 5.41 Å². The van der Waals surface area contributed by atoms with E-state index in [4.69, 9.17) is 4.52 Å². The van der Waals surface area contributed by atoms with E-state index in [1.165, 1.54) is 32.6 Å². The van der Waals surface area contributed by atoms with Crippen LogP contribution >= 0.6 is 0 Å². The first kappa shape index (κ1) is 14.4. The lowest BCUT2D eigenvalue weighted by Gasteiger charge is -2.41. The predicted octanol–water partition coefficient (Wildman–Crippen LogP) is 2.90. The van der Waals surface area contributed by atoms with Gasteiger partial charge in [-0.15, -0.1) is 0 Å². The lowest BCUT2D eigenvalue weighted by molar-refractivity contribution is -0.114. The van der Waals surface area contributed by atoms with Crippen LogP contribution in [0.3, 0.4) is 0 Å². The van der Waals surface area contributed by atoms with E-state index < -0.39 is 0 Å². The molecule has 6 nitrogen and oxygen atoms in total. The first-order valence-corrected chi connectivity index (χ1v) is 8.11. The molecule has 2 N–H and O–H groups in total. The SMILES string of the molecule is CC(=O)Nc1cccc(-c2noc(C3NCCC34CCC4)n2)c1. The van der Waals surface area contributed by atoms with Crippen molar-refractivity contribution in [3.63, 3.8) is 0 Å². The molecule has 2 aromatic rings. The first-order chi connectivity index (χ1) is 11.2. The second-order valence-corrected chi connectivity index (χ2v) is 6.57. The van der Waals surface area contributed by atoms with Crippen LogP contribution in [0.5, 0.6) is 0 Å². The summed E-state index contributed by atoms with van der Waals surface area (Å²) in [4.78, 5) is 15.8. The zero-order chi connectivity index (χ0) is 15.9. The fourth-order valence-electron chi connectivity index (χ4n) is 3.75. The van der Waals surface area contributed by atoms with Gasteiger partial charge in [0.2, 0.25) is 17.6 Å². The van der Waals surface area contributed by atoms with Gasteiger partial charge in [0.05, 0.1) is 6.04 Å². The van der Waals surface area contributed by atoms with Crippen LogP contribution in [0.4, 0.5) is 5.69 Å². The highest BCUT2D eigenvalue weighted by Gasteiger charge is 2.50. The quantitative estimate of drug-likeness (QED) is 0.911. The third-order valence-electron chi connectivity index (χ3n) is 5.06. The van der Waals surface area contributed by atoms with E-state index in [-0.39, 0.29) is 11.9 Å². The Bertz CT molecular complexity index is 736. The average Bonchev–Trinajstić information content (AvgIpc) is 3.13. The molecule has 23 heavy (non-hydrogen) atoms. The van der Waals surface area contributed by atoms with Gasteiger partial charge >= 0.3 is 0 Å². The number of aromatic nitrogens is 2. The summed E-state index contributed by atoms with van der Waals surface area (Å²) in [6.45, 7) is 2.50. The standard InChI is InChI=1S/C17H20N4O2/c1-11(22)19-13-5-2-4-12(10-13)15-20-16(23-21-15)14-17(6-3-7-17)8-9-18-14/h2,4-5,10,14,18H,3,6-9H2,1H3,(H,19,22). The Hall–Kier alpha value is -2.21. The number of nitrogens with one attached hydrogen (secondary N) is 2. The summed E-state index contributed by atoms with van der Waals surface area (Å²) in [6.07, 6.45) is 4.95. The number of hydrogen-bond donors (Lipinski definition) is 2. The summed E-state index contributed by atoms with van der Waals surface area (Å²) in [5.41, 5.74) is 1.89. The molecular formula is C17H20N4O2.